The summed E-state index contributed by atoms with van der Waals surface area (Å²) < 4.78 is 2.14. The van der Waals surface area contributed by atoms with Crippen LogP contribution in [-0.4, -0.2) is 9.55 Å². The van der Waals surface area contributed by atoms with Crippen LogP contribution < -0.4 is 0 Å². The molecule has 0 radical (unpaired) electrons. The summed E-state index contributed by atoms with van der Waals surface area (Å²) in [7, 11) is 0. The summed E-state index contributed by atoms with van der Waals surface area (Å²) >= 11 is 13.9. The van der Waals surface area contributed by atoms with Gasteiger partial charge in [-0.3, -0.25) is 0 Å². The van der Waals surface area contributed by atoms with Gasteiger partial charge in [0.15, 0.2) is 0 Å². The number of aryl methyl sites for hydroxylation is 1. The number of hydrogen-bond acceptors (Lipinski definition) is 2. The highest BCUT2D eigenvalue weighted by Crippen LogP contribution is 2.24. The van der Waals surface area contributed by atoms with Gasteiger partial charge in [-0.2, -0.15) is 0 Å². The van der Waals surface area contributed by atoms with Gasteiger partial charge < -0.3 is 4.57 Å². The fraction of sp³-hybridized carbons (Fsp3) is 0.214. The number of alkyl halides is 1. The van der Waals surface area contributed by atoms with Crippen LogP contribution in [0.4, 0.5) is 0 Å². The molecule has 0 aliphatic rings. The second-order valence-corrected chi connectivity index (χ2v) is 6.47. The van der Waals surface area contributed by atoms with Gasteiger partial charge in [-0.15, -0.1) is 22.9 Å². The lowest BCUT2D eigenvalue weighted by Crippen LogP contribution is -2.02. The predicted molar refractivity (Wildman–Crippen MR) is 82.5 cm³/mol. The van der Waals surface area contributed by atoms with Crippen LogP contribution in [0, 0.1) is 6.92 Å². The van der Waals surface area contributed by atoms with Gasteiger partial charge in [0, 0.05) is 14.8 Å². The van der Waals surface area contributed by atoms with Crippen molar-refractivity contribution in [2.75, 3.05) is 0 Å². The lowest BCUT2D eigenvalue weighted by Gasteiger charge is -2.06. The number of nitrogens with zero attached hydrogens (tertiary/aromatic N) is 2. The third-order valence-corrected chi connectivity index (χ3v) is 4.48. The molecule has 0 fully saturated rings. The lowest BCUT2D eigenvalue weighted by atomic mass is 10.3. The highest BCUT2D eigenvalue weighted by atomic mass is 35.5. The van der Waals surface area contributed by atoms with E-state index in [9.17, 15) is 0 Å². The Bertz CT molecular complexity index is 730. The van der Waals surface area contributed by atoms with E-state index in [2.05, 4.69) is 28.6 Å². The monoisotopic (exact) mass is 310 g/mol. The molecule has 0 saturated carbocycles. The van der Waals surface area contributed by atoms with Gasteiger partial charge in [-0.1, -0.05) is 11.6 Å². The van der Waals surface area contributed by atoms with Crippen molar-refractivity contribution in [1.29, 1.82) is 0 Å². The molecule has 0 atom stereocenters. The number of rotatable bonds is 3. The van der Waals surface area contributed by atoms with Crippen LogP contribution in [0.3, 0.4) is 0 Å². The van der Waals surface area contributed by atoms with E-state index in [-0.39, 0.29) is 0 Å². The molecule has 0 unspecified atom stereocenters. The van der Waals surface area contributed by atoms with Gasteiger partial charge in [0.1, 0.15) is 5.82 Å². The van der Waals surface area contributed by atoms with Crippen molar-refractivity contribution in [2.24, 2.45) is 0 Å². The summed E-state index contributed by atoms with van der Waals surface area (Å²) in [5.41, 5.74) is 1.97. The molecule has 0 N–H and O–H groups in total. The van der Waals surface area contributed by atoms with Crippen molar-refractivity contribution in [3.8, 4) is 0 Å². The number of halogens is 2. The minimum atomic E-state index is 0.399. The second kappa shape index (κ2) is 5.16. The summed E-state index contributed by atoms with van der Waals surface area (Å²) in [6, 6.07) is 10.0. The minimum Gasteiger partial charge on any atom is -0.322 e. The van der Waals surface area contributed by atoms with E-state index in [0.29, 0.717) is 5.88 Å². The van der Waals surface area contributed by atoms with Crippen molar-refractivity contribution in [2.45, 2.75) is 19.3 Å². The fourth-order valence-corrected chi connectivity index (χ4v) is 3.40. The number of imidazole rings is 1. The molecule has 0 aliphatic heterocycles. The van der Waals surface area contributed by atoms with E-state index < -0.39 is 0 Å². The Hall–Kier alpha value is -1.03. The topological polar surface area (TPSA) is 17.8 Å². The van der Waals surface area contributed by atoms with Gasteiger partial charge in [-0.05, 0) is 37.3 Å². The van der Waals surface area contributed by atoms with E-state index in [0.717, 1.165) is 28.4 Å². The molecule has 2 aromatic heterocycles. The van der Waals surface area contributed by atoms with Crippen LogP contribution in [0.2, 0.25) is 5.02 Å². The van der Waals surface area contributed by atoms with Crippen molar-refractivity contribution in [3.05, 3.63) is 50.9 Å². The van der Waals surface area contributed by atoms with Crippen LogP contribution in [0.5, 0.6) is 0 Å². The molecule has 3 aromatic rings. The first-order valence-corrected chi connectivity index (χ1v) is 7.66. The summed E-state index contributed by atoms with van der Waals surface area (Å²) in [6.45, 7) is 2.90. The predicted octanol–water partition coefficient (Wildman–Crippen LogP) is 4.85. The van der Waals surface area contributed by atoms with Crippen LogP contribution in [0.1, 0.15) is 15.6 Å². The average molecular weight is 311 g/mol. The van der Waals surface area contributed by atoms with Gasteiger partial charge in [-0.25, -0.2) is 4.98 Å². The largest absolute Gasteiger partial charge is 0.322 e. The summed E-state index contributed by atoms with van der Waals surface area (Å²) in [5, 5.41) is 0.720. The fourth-order valence-electron chi connectivity index (χ4n) is 2.15. The first-order chi connectivity index (χ1) is 9.17. The third kappa shape index (κ3) is 2.50. The highest BCUT2D eigenvalue weighted by Gasteiger charge is 2.11. The van der Waals surface area contributed by atoms with E-state index in [1.165, 1.54) is 9.75 Å². The van der Waals surface area contributed by atoms with Gasteiger partial charge >= 0.3 is 0 Å². The molecule has 0 spiro atoms. The molecule has 0 amide bonds. The van der Waals surface area contributed by atoms with Crippen LogP contribution >= 0.6 is 34.5 Å². The number of fused-ring (bicyclic) bond motifs is 1. The van der Waals surface area contributed by atoms with Gasteiger partial charge in [0.25, 0.3) is 0 Å². The molecule has 2 nitrogen and oxygen atoms in total. The minimum absolute atomic E-state index is 0.399. The van der Waals surface area contributed by atoms with Crippen molar-refractivity contribution < 1.29 is 0 Å². The molecule has 0 bridgehead atoms. The zero-order valence-electron chi connectivity index (χ0n) is 10.4. The molecule has 0 saturated heterocycles. The molecule has 0 aliphatic carbocycles. The Balaban J connectivity index is 2.12. The smallest absolute Gasteiger partial charge is 0.125 e. The molecule has 1 aromatic carbocycles. The van der Waals surface area contributed by atoms with E-state index in [1.807, 2.05) is 18.2 Å². The Morgan fingerprint density at radius 3 is 2.79 bits per heavy atom. The second-order valence-electron chi connectivity index (χ2n) is 4.39. The molecular formula is C14H12Cl2N2S. The summed E-state index contributed by atoms with van der Waals surface area (Å²) in [4.78, 5) is 7.16. The third-order valence-electron chi connectivity index (χ3n) is 3.02. The number of thiophene rings is 1. The van der Waals surface area contributed by atoms with E-state index >= 15 is 0 Å². The van der Waals surface area contributed by atoms with Gasteiger partial charge in [0.2, 0.25) is 0 Å². The first-order valence-electron chi connectivity index (χ1n) is 5.93. The zero-order chi connectivity index (χ0) is 13.4. The molecule has 19 heavy (non-hydrogen) atoms. The molecule has 5 heteroatoms. The van der Waals surface area contributed by atoms with Crippen molar-refractivity contribution in [3.63, 3.8) is 0 Å². The van der Waals surface area contributed by atoms with Crippen LogP contribution in [-0.2, 0) is 12.4 Å². The Morgan fingerprint density at radius 1 is 1.26 bits per heavy atom. The standard InChI is InChI=1S/C14H12Cl2N2S/c1-9-2-4-11(19-9)8-18-13-6-10(16)3-5-12(13)17-14(18)7-15/h2-6H,7-8H2,1H3. The van der Waals surface area contributed by atoms with Crippen LogP contribution in [0.15, 0.2) is 30.3 Å². The zero-order valence-corrected chi connectivity index (χ0v) is 12.7. The van der Waals surface area contributed by atoms with Crippen molar-refractivity contribution >= 4 is 45.6 Å². The molecular weight excluding hydrogens is 299 g/mol. The van der Waals surface area contributed by atoms with Crippen LogP contribution in [0.25, 0.3) is 11.0 Å². The Kier molecular flexibility index (Phi) is 3.52. The van der Waals surface area contributed by atoms with E-state index in [1.54, 1.807) is 11.3 Å². The lowest BCUT2D eigenvalue weighted by molar-refractivity contribution is 0.789. The quantitative estimate of drug-likeness (QED) is 0.632. The highest BCUT2D eigenvalue weighted by molar-refractivity contribution is 7.11. The maximum atomic E-state index is 6.08. The van der Waals surface area contributed by atoms with E-state index in [4.69, 9.17) is 23.2 Å². The first kappa shape index (κ1) is 13.0. The molecule has 3 rings (SSSR count). The summed E-state index contributed by atoms with van der Waals surface area (Å²) in [5.74, 6) is 1.28. The van der Waals surface area contributed by atoms with Gasteiger partial charge in [0.05, 0.1) is 23.5 Å². The summed E-state index contributed by atoms with van der Waals surface area (Å²) in [6.07, 6.45) is 0. The Labute approximate surface area is 125 Å². The number of hydrogen-bond donors (Lipinski definition) is 0. The molecule has 98 valence electrons. The normalized spacial score (nSPS) is 11.3. The maximum absolute atomic E-state index is 6.08. The van der Waals surface area contributed by atoms with Crippen molar-refractivity contribution in [1.82, 2.24) is 9.55 Å². The average Bonchev–Trinajstić information content (AvgIpc) is 2.94. The number of aromatic nitrogens is 2. The SMILES string of the molecule is Cc1ccc(Cn2c(CCl)nc3ccc(Cl)cc32)s1. The Morgan fingerprint density at radius 2 is 2.11 bits per heavy atom. The maximum Gasteiger partial charge on any atom is 0.125 e. The molecule has 2 heterocycles. The number of benzene rings is 1.